The van der Waals surface area contributed by atoms with Gasteiger partial charge in [0.1, 0.15) is 0 Å². The van der Waals surface area contributed by atoms with E-state index in [0.717, 1.165) is 38.7 Å². The lowest BCUT2D eigenvalue weighted by atomic mass is 10.2. The molecule has 6 heteroatoms. The van der Waals surface area contributed by atoms with Crippen LogP contribution in [0.3, 0.4) is 0 Å². The van der Waals surface area contributed by atoms with Crippen LogP contribution in [0.2, 0.25) is 0 Å². The maximum atomic E-state index is 11.2. The minimum Gasteiger partial charge on any atom is -0.374 e. The summed E-state index contributed by atoms with van der Waals surface area (Å²) in [4.78, 5) is 15.3. The molecule has 1 heterocycles. The zero-order chi connectivity index (χ0) is 13.4. The van der Waals surface area contributed by atoms with E-state index in [2.05, 4.69) is 16.5 Å². The second kappa shape index (κ2) is 8.74. The molecule has 1 N–H and O–H groups in total. The topological polar surface area (TPSA) is 44.8 Å². The van der Waals surface area contributed by atoms with E-state index >= 15 is 0 Å². The third-order valence-corrected chi connectivity index (χ3v) is 3.58. The monoisotopic (exact) mass is 275 g/mol. The summed E-state index contributed by atoms with van der Waals surface area (Å²) in [6, 6.07) is 0. The smallest absolute Gasteiger partial charge is 0.219 e. The van der Waals surface area contributed by atoms with Crippen LogP contribution < -0.4 is 5.32 Å². The van der Waals surface area contributed by atoms with Crippen LogP contribution in [0.1, 0.15) is 6.92 Å². The summed E-state index contributed by atoms with van der Waals surface area (Å²) in [7, 11) is 1.82. The minimum absolute atomic E-state index is 0.0948. The Kier molecular flexibility index (Phi) is 7.65. The number of thioether (sulfide) groups is 1. The molecule has 5 nitrogen and oxygen atoms in total. The molecule has 0 aromatic heterocycles. The summed E-state index contributed by atoms with van der Waals surface area (Å²) in [5, 5.41) is 3.37. The molecular weight excluding hydrogens is 250 g/mol. The summed E-state index contributed by atoms with van der Waals surface area (Å²) in [6.07, 6.45) is 2.24. The van der Waals surface area contributed by atoms with Gasteiger partial charge in [0, 0.05) is 52.6 Å². The molecule has 0 aromatic rings. The van der Waals surface area contributed by atoms with Crippen molar-refractivity contribution in [1.82, 2.24) is 15.1 Å². The number of rotatable bonds is 7. The van der Waals surface area contributed by atoms with Gasteiger partial charge in [-0.05, 0) is 6.26 Å². The quantitative estimate of drug-likeness (QED) is 0.526. The van der Waals surface area contributed by atoms with Gasteiger partial charge < -0.3 is 15.0 Å². The minimum atomic E-state index is 0.0948. The number of ether oxygens (including phenoxy) is 1. The standard InChI is InChI=1S/C12H25N3O2S/c1-11(16)14(2)8-12-9-15(6-7-17-12)5-4-13-10-18-3/h12-13H,4-10H2,1-3H3/t12-/m1/s1. The summed E-state index contributed by atoms with van der Waals surface area (Å²) in [5.41, 5.74) is 0. The molecule has 1 saturated heterocycles. The first kappa shape index (κ1) is 15.8. The van der Waals surface area contributed by atoms with Crippen LogP contribution in [0.15, 0.2) is 0 Å². The van der Waals surface area contributed by atoms with Crippen LogP contribution in [0.5, 0.6) is 0 Å². The average Bonchev–Trinajstić information content (AvgIpc) is 2.35. The number of nitrogens with zero attached hydrogens (tertiary/aromatic N) is 2. The molecule has 0 radical (unpaired) electrons. The SMILES string of the molecule is CSCNCCN1CCO[C@H](CN(C)C(C)=O)C1. The van der Waals surface area contributed by atoms with Crippen molar-refractivity contribution in [3.05, 3.63) is 0 Å². The average molecular weight is 275 g/mol. The van der Waals surface area contributed by atoms with Gasteiger partial charge in [-0.2, -0.15) is 0 Å². The lowest BCUT2D eigenvalue weighted by Gasteiger charge is -2.34. The van der Waals surface area contributed by atoms with Gasteiger partial charge in [0.2, 0.25) is 5.91 Å². The van der Waals surface area contributed by atoms with E-state index in [9.17, 15) is 4.79 Å². The van der Waals surface area contributed by atoms with Crippen LogP contribution in [-0.4, -0.2) is 80.3 Å². The fraction of sp³-hybridized carbons (Fsp3) is 0.917. The second-order valence-electron chi connectivity index (χ2n) is 4.63. The lowest BCUT2D eigenvalue weighted by Crippen LogP contribution is -2.49. The molecule has 1 aliphatic heterocycles. The van der Waals surface area contributed by atoms with Crippen LogP contribution in [0, 0.1) is 0 Å². The van der Waals surface area contributed by atoms with Crippen molar-refractivity contribution in [3.63, 3.8) is 0 Å². The number of morpholine rings is 1. The van der Waals surface area contributed by atoms with Crippen LogP contribution in [-0.2, 0) is 9.53 Å². The van der Waals surface area contributed by atoms with Crippen LogP contribution in [0.25, 0.3) is 0 Å². The zero-order valence-electron chi connectivity index (χ0n) is 11.6. The molecule has 0 aromatic carbocycles. The van der Waals surface area contributed by atoms with Crippen molar-refractivity contribution in [2.75, 3.05) is 58.5 Å². The van der Waals surface area contributed by atoms with Gasteiger partial charge in [0.15, 0.2) is 0 Å². The fourth-order valence-electron chi connectivity index (χ4n) is 1.94. The first-order chi connectivity index (χ1) is 8.63. The van der Waals surface area contributed by atoms with Gasteiger partial charge in [-0.25, -0.2) is 0 Å². The van der Waals surface area contributed by atoms with Crippen molar-refractivity contribution >= 4 is 17.7 Å². The second-order valence-corrected chi connectivity index (χ2v) is 5.49. The van der Waals surface area contributed by atoms with Crippen LogP contribution >= 0.6 is 11.8 Å². The highest BCUT2D eigenvalue weighted by molar-refractivity contribution is 7.98. The van der Waals surface area contributed by atoms with E-state index in [0.29, 0.717) is 6.54 Å². The number of hydrogen-bond donors (Lipinski definition) is 1. The van der Waals surface area contributed by atoms with E-state index in [1.807, 2.05) is 7.05 Å². The summed E-state index contributed by atoms with van der Waals surface area (Å²) in [6.45, 7) is 7.00. The Hall–Kier alpha value is -0.300. The highest BCUT2D eigenvalue weighted by Crippen LogP contribution is 2.06. The molecule has 18 heavy (non-hydrogen) atoms. The van der Waals surface area contributed by atoms with E-state index in [4.69, 9.17) is 4.74 Å². The van der Waals surface area contributed by atoms with Gasteiger partial charge in [0.05, 0.1) is 12.7 Å². The normalized spacial score (nSPS) is 20.9. The maximum Gasteiger partial charge on any atom is 0.219 e. The molecular formula is C12H25N3O2S. The van der Waals surface area contributed by atoms with Gasteiger partial charge in [-0.3, -0.25) is 9.69 Å². The van der Waals surface area contributed by atoms with Crippen molar-refractivity contribution in [1.29, 1.82) is 0 Å². The number of hydrogen-bond acceptors (Lipinski definition) is 5. The van der Waals surface area contributed by atoms with Crippen LogP contribution in [0.4, 0.5) is 0 Å². The zero-order valence-corrected chi connectivity index (χ0v) is 12.5. The molecule has 0 bridgehead atoms. The predicted molar refractivity (Wildman–Crippen MR) is 75.9 cm³/mol. The van der Waals surface area contributed by atoms with Crippen molar-refractivity contribution in [2.24, 2.45) is 0 Å². The number of nitrogens with one attached hydrogen (secondary N) is 1. The molecule has 1 fully saturated rings. The maximum absolute atomic E-state index is 11.2. The number of likely N-dealkylation sites (N-methyl/N-ethyl adjacent to an activating group) is 1. The van der Waals surface area contributed by atoms with E-state index in [-0.39, 0.29) is 12.0 Å². The van der Waals surface area contributed by atoms with E-state index in [1.54, 1.807) is 23.6 Å². The third kappa shape index (κ3) is 6.04. The first-order valence-corrected chi connectivity index (χ1v) is 7.78. The largest absolute Gasteiger partial charge is 0.374 e. The Morgan fingerprint density at radius 3 is 3.06 bits per heavy atom. The van der Waals surface area contributed by atoms with Gasteiger partial charge in [0.25, 0.3) is 0 Å². The Morgan fingerprint density at radius 2 is 2.39 bits per heavy atom. The molecule has 0 aliphatic carbocycles. The van der Waals surface area contributed by atoms with Crippen molar-refractivity contribution in [2.45, 2.75) is 13.0 Å². The van der Waals surface area contributed by atoms with Gasteiger partial charge in [-0.15, -0.1) is 11.8 Å². The molecule has 1 amide bonds. The Morgan fingerprint density at radius 1 is 1.61 bits per heavy atom. The summed E-state index contributed by atoms with van der Waals surface area (Å²) < 4.78 is 5.70. The fourth-order valence-corrected chi connectivity index (χ4v) is 2.29. The van der Waals surface area contributed by atoms with E-state index in [1.165, 1.54) is 0 Å². The molecule has 1 rings (SSSR count). The highest BCUT2D eigenvalue weighted by atomic mass is 32.2. The molecule has 0 unspecified atom stereocenters. The summed E-state index contributed by atoms with van der Waals surface area (Å²) in [5.74, 6) is 1.10. The summed E-state index contributed by atoms with van der Waals surface area (Å²) >= 11 is 1.80. The van der Waals surface area contributed by atoms with E-state index < -0.39 is 0 Å². The Labute approximate surface area is 114 Å². The Bertz CT molecular complexity index is 253. The first-order valence-electron chi connectivity index (χ1n) is 6.38. The molecule has 106 valence electrons. The lowest BCUT2D eigenvalue weighted by molar-refractivity contribution is -0.130. The Balaban J connectivity index is 2.21. The number of carbonyl (C=O) groups excluding carboxylic acids is 1. The van der Waals surface area contributed by atoms with Gasteiger partial charge >= 0.3 is 0 Å². The van der Waals surface area contributed by atoms with Crippen molar-refractivity contribution < 1.29 is 9.53 Å². The predicted octanol–water partition coefficient (Wildman–Crippen LogP) is 0.0756. The highest BCUT2D eigenvalue weighted by Gasteiger charge is 2.21. The molecule has 1 aliphatic rings. The molecule has 0 saturated carbocycles. The number of carbonyl (C=O) groups is 1. The van der Waals surface area contributed by atoms with Crippen molar-refractivity contribution in [3.8, 4) is 0 Å². The molecule has 1 atom stereocenters. The molecule has 0 spiro atoms. The number of amides is 1. The third-order valence-electron chi connectivity index (χ3n) is 3.09. The van der Waals surface area contributed by atoms with Gasteiger partial charge in [-0.1, -0.05) is 0 Å².